The molecule has 2 aromatic rings. The van der Waals surface area contributed by atoms with Crippen molar-refractivity contribution in [2.75, 3.05) is 18.0 Å². The first-order valence-corrected chi connectivity index (χ1v) is 7.36. The number of anilines is 1. The van der Waals surface area contributed by atoms with Crippen LogP contribution in [0.1, 0.15) is 30.4 Å². The lowest BCUT2D eigenvalue weighted by Crippen LogP contribution is -2.21. The number of hydrogen-bond donors (Lipinski definition) is 1. The van der Waals surface area contributed by atoms with Crippen molar-refractivity contribution in [3.63, 3.8) is 0 Å². The Hall–Kier alpha value is -1.40. The molecule has 1 N–H and O–H groups in total. The Balaban J connectivity index is 1.83. The van der Waals surface area contributed by atoms with Crippen LogP contribution >= 0.6 is 11.3 Å². The second-order valence-corrected chi connectivity index (χ2v) is 5.34. The molecule has 0 bridgehead atoms. The van der Waals surface area contributed by atoms with Gasteiger partial charge in [-0.25, -0.2) is 9.97 Å². The first-order chi connectivity index (χ1) is 9.22. The van der Waals surface area contributed by atoms with E-state index < -0.39 is 0 Å². The number of nitrogens with zero attached hydrogens (tertiary/aromatic N) is 3. The molecule has 2 aromatic heterocycles. The largest absolute Gasteiger partial charge is 0.445 e. The summed E-state index contributed by atoms with van der Waals surface area (Å²) in [5.41, 5.74) is 0. The van der Waals surface area contributed by atoms with Crippen LogP contribution in [0.4, 0.5) is 5.13 Å². The summed E-state index contributed by atoms with van der Waals surface area (Å²) >= 11 is 1.73. The second kappa shape index (κ2) is 6.68. The lowest BCUT2D eigenvalue weighted by Gasteiger charge is -2.16. The fourth-order valence-electron chi connectivity index (χ4n) is 1.80. The van der Waals surface area contributed by atoms with Gasteiger partial charge in [-0.3, -0.25) is 0 Å². The zero-order chi connectivity index (χ0) is 13.7. The first-order valence-electron chi connectivity index (χ1n) is 6.54. The standard InChI is InChI=1S/C13H20N4OS/c1-4-17(5-2)13-16-8-11(19-13)7-14-9-12-15-6-10(3)18-12/h6,8,14H,4-5,7,9H2,1-3H3. The summed E-state index contributed by atoms with van der Waals surface area (Å²) in [4.78, 5) is 12.1. The SMILES string of the molecule is CCN(CC)c1ncc(CNCc2ncc(C)o2)s1. The summed E-state index contributed by atoms with van der Waals surface area (Å²) in [7, 11) is 0. The summed E-state index contributed by atoms with van der Waals surface area (Å²) in [6, 6.07) is 0. The van der Waals surface area contributed by atoms with Gasteiger partial charge in [0.05, 0.1) is 12.7 Å². The molecule has 0 aliphatic carbocycles. The van der Waals surface area contributed by atoms with Gasteiger partial charge in [-0.2, -0.15) is 0 Å². The van der Waals surface area contributed by atoms with E-state index in [0.717, 1.165) is 36.4 Å². The zero-order valence-electron chi connectivity index (χ0n) is 11.6. The molecule has 0 aromatic carbocycles. The van der Waals surface area contributed by atoms with E-state index in [1.54, 1.807) is 17.5 Å². The fraction of sp³-hybridized carbons (Fsp3) is 0.538. The minimum absolute atomic E-state index is 0.645. The summed E-state index contributed by atoms with van der Waals surface area (Å²) < 4.78 is 5.41. The maximum absolute atomic E-state index is 5.41. The second-order valence-electron chi connectivity index (χ2n) is 4.25. The lowest BCUT2D eigenvalue weighted by atomic mass is 10.5. The molecule has 5 nitrogen and oxygen atoms in total. The summed E-state index contributed by atoms with van der Waals surface area (Å²) in [5, 5.41) is 4.41. The van der Waals surface area contributed by atoms with E-state index in [2.05, 4.69) is 34.0 Å². The van der Waals surface area contributed by atoms with Gasteiger partial charge < -0.3 is 14.6 Å². The Bertz CT molecular complexity index is 504. The van der Waals surface area contributed by atoms with Gasteiger partial charge in [0.25, 0.3) is 0 Å². The van der Waals surface area contributed by atoms with E-state index in [1.807, 2.05) is 13.1 Å². The van der Waals surface area contributed by atoms with Crippen LogP contribution in [0.15, 0.2) is 16.8 Å². The van der Waals surface area contributed by atoms with Gasteiger partial charge >= 0.3 is 0 Å². The molecule has 0 radical (unpaired) electrons. The molecular formula is C13H20N4OS. The van der Waals surface area contributed by atoms with Crippen molar-refractivity contribution in [1.82, 2.24) is 15.3 Å². The molecule has 0 saturated heterocycles. The molecule has 0 atom stereocenters. The Labute approximate surface area is 117 Å². The highest BCUT2D eigenvalue weighted by Crippen LogP contribution is 2.22. The number of oxazole rings is 1. The van der Waals surface area contributed by atoms with Crippen molar-refractivity contribution in [2.45, 2.75) is 33.9 Å². The van der Waals surface area contributed by atoms with Crippen molar-refractivity contribution in [2.24, 2.45) is 0 Å². The van der Waals surface area contributed by atoms with Crippen molar-refractivity contribution < 1.29 is 4.42 Å². The van der Waals surface area contributed by atoms with Gasteiger partial charge in [-0.1, -0.05) is 0 Å². The van der Waals surface area contributed by atoms with Crippen LogP contribution in [0.25, 0.3) is 0 Å². The normalized spacial score (nSPS) is 10.9. The van der Waals surface area contributed by atoms with Crippen LogP contribution in [-0.2, 0) is 13.1 Å². The predicted molar refractivity (Wildman–Crippen MR) is 77.5 cm³/mol. The van der Waals surface area contributed by atoms with E-state index in [0.29, 0.717) is 6.54 Å². The Morgan fingerprint density at radius 2 is 2.00 bits per heavy atom. The lowest BCUT2D eigenvalue weighted by molar-refractivity contribution is 0.449. The molecule has 0 spiro atoms. The highest BCUT2D eigenvalue weighted by atomic mass is 32.1. The van der Waals surface area contributed by atoms with E-state index >= 15 is 0 Å². The topological polar surface area (TPSA) is 54.2 Å². The van der Waals surface area contributed by atoms with E-state index in [-0.39, 0.29) is 0 Å². The third kappa shape index (κ3) is 3.78. The highest BCUT2D eigenvalue weighted by Gasteiger charge is 2.07. The Kier molecular flexibility index (Phi) is 4.93. The number of nitrogens with one attached hydrogen (secondary N) is 1. The minimum Gasteiger partial charge on any atom is -0.445 e. The van der Waals surface area contributed by atoms with Crippen LogP contribution in [0.3, 0.4) is 0 Å². The average molecular weight is 280 g/mol. The number of aromatic nitrogens is 2. The minimum atomic E-state index is 0.645. The molecule has 0 saturated carbocycles. The third-order valence-corrected chi connectivity index (χ3v) is 3.88. The smallest absolute Gasteiger partial charge is 0.208 e. The van der Waals surface area contributed by atoms with Crippen molar-refractivity contribution in [1.29, 1.82) is 0 Å². The molecule has 19 heavy (non-hydrogen) atoms. The molecule has 104 valence electrons. The highest BCUT2D eigenvalue weighted by molar-refractivity contribution is 7.15. The molecule has 0 amide bonds. The molecular weight excluding hydrogens is 260 g/mol. The Morgan fingerprint density at radius 3 is 2.63 bits per heavy atom. The van der Waals surface area contributed by atoms with Crippen LogP contribution in [0, 0.1) is 6.92 Å². The summed E-state index contributed by atoms with van der Waals surface area (Å²) in [6.45, 7) is 9.61. The number of aryl methyl sites for hydroxylation is 1. The molecule has 2 heterocycles. The van der Waals surface area contributed by atoms with Gasteiger partial charge in [-0.05, 0) is 20.8 Å². The predicted octanol–water partition coefficient (Wildman–Crippen LogP) is 2.58. The molecule has 6 heteroatoms. The van der Waals surface area contributed by atoms with Crippen molar-refractivity contribution >= 4 is 16.5 Å². The van der Waals surface area contributed by atoms with E-state index in [1.165, 1.54) is 4.88 Å². The van der Waals surface area contributed by atoms with Gasteiger partial charge in [-0.15, -0.1) is 11.3 Å². The van der Waals surface area contributed by atoms with Crippen molar-refractivity contribution in [3.05, 3.63) is 28.9 Å². The molecule has 0 aliphatic rings. The molecule has 0 aliphatic heterocycles. The third-order valence-electron chi connectivity index (χ3n) is 2.82. The van der Waals surface area contributed by atoms with Gasteiger partial charge in [0.1, 0.15) is 5.76 Å². The zero-order valence-corrected chi connectivity index (χ0v) is 12.5. The van der Waals surface area contributed by atoms with Gasteiger partial charge in [0.2, 0.25) is 5.89 Å². The van der Waals surface area contributed by atoms with Crippen LogP contribution in [0.5, 0.6) is 0 Å². The maximum atomic E-state index is 5.41. The summed E-state index contributed by atoms with van der Waals surface area (Å²) in [5.74, 6) is 1.57. The average Bonchev–Trinajstić information content (AvgIpc) is 3.01. The molecule has 0 unspecified atom stereocenters. The van der Waals surface area contributed by atoms with Crippen molar-refractivity contribution in [3.8, 4) is 0 Å². The quantitative estimate of drug-likeness (QED) is 0.845. The van der Waals surface area contributed by atoms with Crippen LogP contribution in [0.2, 0.25) is 0 Å². The number of hydrogen-bond acceptors (Lipinski definition) is 6. The first kappa shape index (κ1) is 14.0. The molecule has 2 rings (SSSR count). The number of rotatable bonds is 7. The van der Waals surface area contributed by atoms with E-state index in [9.17, 15) is 0 Å². The summed E-state index contributed by atoms with van der Waals surface area (Å²) in [6.07, 6.45) is 3.67. The van der Waals surface area contributed by atoms with Crippen LogP contribution in [-0.4, -0.2) is 23.1 Å². The van der Waals surface area contributed by atoms with Gasteiger partial charge in [0, 0.05) is 30.7 Å². The Morgan fingerprint density at radius 1 is 1.21 bits per heavy atom. The van der Waals surface area contributed by atoms with Gasteiger partial charge in [0.15, 0.2) is 5.13 Å². The monoisotopic (exact) mass is 280 g/mol. The maximum Gasteiger partial charge on any atom is 0.208 e. The van der Waals surface area contributed by atoms with Crippen LogP contribution < -0.4 is 10.2 Å². The molecule has 0 fully saturated rings. The van der Waals surface area contributed by atoms with E-state index in [4.69, 9.17) is 4.42 Å². The number of thiazole rings is 1. The fourth-order valence-corrected chi connectivity index (χ4v) is 2.80.